The van der Waals surface area contributed by atoms with E-state index in [0.29, 0.717) is 5.75 Å². The minimum atomic E-state index is -1.01. The number of phenolic OH excluding ortho intramolecular Hbond substituents is 1. The van der Waals surface area contributed by atoms with E-state index in [-0.39, 0.29) is 19.7 Å². The summed E-state index contributed by atoms with van der Waals surface area (Å²) < 4.78 is 6.64. The van der Waals surface area contributed by atoms with Crippen molar-refractivity contribution in [2.24, 2.45) is 5.73 Å². The van der Waals surface area contributed by atoms with Gasteiger partial charge in [0.05, 0.1) is 0 Å². The quantitative estimate of drug-likeness (QED) is 0.333. The number of nitrogens with two attached hydrogens (primary N) is 1. The summed E-state index contributed by atoms with van der Waals surface area (Å²) in [6.07, 6.45) is 3.98. The van der Waals surface area contributed by atoms with Gasteiger partial charge in [-0.05, 0) is 64.9 Å². The molecule has 1 aliphatic rings. The molecule has 124 valence electrons. The Labute approximate surface area is 174 Å². The summed E-state index contributed by atoms with van der Waals surface area (Å²) in [4.78, 5) is 10.9. The second-order valence-corrected chi connectivity index (χ2v) is 11.9. The second-order valence-electron chi connectivity index (χ2n) is 5.06. The molecule has 0 bridgehead atoms. The van der Waals surface area contributed by atoms with Crippen LogP contribution in [0.4, 0.5) is 0 Å². The van der Waals surface area contributed by atoms with E-state index in [1.54, 1.807) is 24.3 Å². The number of aliphatic carboxylic acids is 1. The lowest BCUT2D eigenvalue weighted by molar-refractivity contribution is -0.138. The van der Waals surface area contributed by atoms with Crippen LogP contribution in [0.1, 0.15) is 6.42 Å². The average molecular weight is 653 g/mol. The number of allylic oxidation sites excluding steroid dienone is 1. The van der Waals surface area contributed by atoms with Gasteiger partial charge in [-0.1, -0.05) is 51.3 Å². The van der Waals surface area contributed by atoms with Crippen LogP contribution in [0, 0.1) is 0 Å². The molecule has 8 heteroatoms. The second kappa shape index (κ2) is 7.87. The number of carbonyl (C=O) groups is 1. The largest absolute Gasteiger partial charge is 0.508 e. The minimum absolute atomic E-state index is 0.186. The van der Waals surface area contributed by atoms with Crippen LogP contribution in [-0.4, -0.2) is 29.8 Å². The number of halogens is 3. The molecule has 2 atom stereocenters. The van der Waals surface area contributed by atoms with Crippen molar-refractivity contribution in [3.8, 4) is 11.5 Å². The van der Waals surface area contributed by atoms with Crippen molar-refractivity contribution in [2.75, 3.05) is 0 Å². The van der Waals surface area contributed by atoms with Crippen molar-refractivity contribution in [1.29, 1.82) is 0 Å². The van der Waals surface area contributed by atoms with Crippen LogP contribution in [0.2, 0.25) is 0 Å². The van der Waals surface area contributed by atoms with E-state index in [1.165, 1.54) is 0 Å². The Morgan fingerprint density at radius 1 is 1.35 bits per heavy atom. The molecule has 1 aromatic carbocycles. The van der Waals surface area contributed by atoms with Crippen LogP contribution < -0.4 is 10.5 Å². The average Bonchev–Trinajstić information content (AvgIpc) is 2.44. The Morgan fingerprint density at radius 2 is 1.96 bits per heavy atom. The smallest absolute Gasteiger partial charge is 0.320 e. The summed E-state index contributed by atoms with van der Waals surface area (Å²) in [7, 11) is 0. The third-order valence-corrected chi connectivity index (χ3v) is 5.80. The molecule has 0 radical (unpaired) electrons. The highest BCUT2D eigenvalue weighted by Crippen LogP contribution is 2.45. The van der Waals surface area contributed by atoms with Gasteiger partial charge in [0.1, 0.15) is 19.0 Å². The van der Waals surface area contributed by atoms with Crippen molar-refractivity contribution in [2.45, 2.75) is 20.0 Å². The molecular formula is C15H14I3NO4. The van der Waals surface area contributed by atoms with Crippen molar-refractivity contribution >= 4 is 73.7 Å². The molecule has 0 saturated carbocycles. The molecule has 0 saturated heterocycles. The number of aromatic hydroxyl groups is 1. The first kappa shape index (κ1) is 19.2. The molecule has 2 rings (SSSR count). The molecule has 5 nitrogen and oxygen atoms in total. The maximum Gasteiger partial charge on any atom is 0.320 e. The SMILES string of the molecule is N[C@@H](CC1=CC(I)(I)C(Oc2ccc(O)cc2)C(I)=C1)C(=O)O. The van der Waals surface area contributed by atoms with E-state index >= 15 is 0 Å². The van der Waals surface area contributed by atoms with Crippen LogP contribution >= 0.6 is 67.8 Å². The molecule has 1 aromatic rings. The zero-order valence-corrected chi connectivity index (χ0v) is 18.2. The lowest BCUT2D eigenvalue weighted by Crippen LogP contribution is -2.37. The van der Waals surface area contributed by atoms with Gasteiger partial charge in [-0.15, -0.1) is 0 Å². The van der Waals surface area contributed by atoms with E-state index in [4.69, 9.17) is 15.6 Å². The topological polar surface area (TPSA) is 92.8 Å². The number of benzene rings is 1. The number of hydrogen-bond donors (Lipinski definition) is 3. The first-order valence-corrected chi connectivity index (χ1v) is 9.83. The molecule has 0 heterocycles. The molecule has 0 amide bonds. The van der Waals surface area contributed by atoms with E-state index in [0.717, 1.165) is 9.15 Å². The molecule has 23 heavy (non-hydrogen) atoms. The summed E-state index contributed by atoms with van der Waals surface area (Å²) in [5, 5.41) is 18.3. The zero-order chi connectivity index (χ0) is 17.2. The fraction of sp³-hybridized carbons (Fsp3) is 0.267. The molecule has 4 N–H and O–H groups in total. The Bertz CT molecular complexity index is 655. The fourth-order valence-electron chi connectivity index (χ4n) is 2.06. The first-order valence-electron chi connectivity index (χ1n) is 6.60. The van der Waals surface area contributed by atoms with Gasteiger partial charge in [0.15, 0.2) is 6.10 Å². The number of rotatable bonds is 5. The molecule has 0 fully saturated rings. The summed E-state index contributed by atoms with van der Waals surface area (Å²) >= 11 is 6.77. The Morgan fingerprint density at radius 3 is 2.48 bits per heavy atom. The van der Waals surface area contributed by atoms with Crippen LogP contribution in [-0.2, 0) is 4.79 Å². The maximum absolute atomic E-state index is 10.9. The van der Waals surface area contributed by atoms with Crippen LogP contribution in [0.25, 0.3) is 0 Å². The van der Waals surface area contributed by atoms with E-state index < -0.39 is 12.0 Å². The molecular weight excluding hydrogens is 639 g/mol. The highest BCUT2D eigenvalue weighted by Gasteiger charge is 2.39. The monoisotopic (exact) mass is 653 g/mol. The van der Waals surface area contributed by atoms with E-state index in [2.05, 4.69) is 67.8 Å². The van der Waals surface area contributed by atoms with E-state index in [9.17, 15) is 9.90 Å². The van der Waals surface area contributed by atoms with Gasteiger partial charge in [-0.25, -0.2) is 0 Å². The van der Waals surface area contributed by atoms with Gasteiger partial charge in [0.25, 0.3) is 0 Å². The Balaban J connectivity index is 2.18. The predicted molar refractivity (Wildman–Crippen MR) is 114 cm³/mol. The van der Waals surface area contributed by atoms with Crippen molar-refractivity contribution < 1.29 is 19.7 Å². The molecule has 1 aliphatic carbocycles. The number of hydrogen-bond acceptors (Lipinski definition) is 4. The first-order chi connectivity index (χ1) is 10.7. The van der Waals surface area contributed by atoms with Gasteiger partial charge < -0.3 is 20.7 Å². The predicted octanol–water partition coefficient (Wildman–Crippen LogP) is 3.77. The third kappa shape index (κ3) is 5.19. The summed E-state index contributed by atoms with van der Waals surface area (Å²) in [6, 6.07) is 5.65. The van der Waals surface area contributed by atoms with Gasteiger partial charge in [0, 0.05) is 3.58 Å². The molecule has 1 unspecified atom stereocenters. The maximum atomic E-state index is 10.9. The van der Waals surface area contributed by atoms with Crippen LogP contribution in [0.15, 0.2) is 45.6 Å². The zero-order valence-electron chi connectivity index (χ0n) is 11.7. The van der Waals surface area contributed by atoms with Gasteiger partial charge in [0.2, 0.25) is 0 Å². The lowest BCUT2D eigenvalue weighted by Gasteiger charge is -2.33. The molecule has 0 spiro atoms. The highest BCUT2D eigenvalue weighted by molar-refractivity contribution is 14.2. The Kier molecular flexibility index (Phi) is 6.58. The highest BCUT2D eigenvalue weighted by atomic mass is 127. The number of carboxylic acids is 1. The van der Waals surface area contributed by atoms with Crippen molar-refractivity contribution in [3.63, 3.8) is 0 Å². The summed E-state index contributed by atoms with van der Waals surface area (Å²) in [5.74, 6) is -0.164. The number of phenols is 1. The Hall–Kier alpha value is -0.0800. The number of ether oxygens (including phenoxy) is 1. The fourth-order valence-corrected chi connectivity index (χ4v) is 5.99. The van der Waals surface area contributed by atoms with Crippen molar-refractivity contribution in [3.05, 3.63) is 45.6 Å². The van der Waals surface area contributed by atoms with Crippen LogP contribution in [0.3, 0.4) is 0 Å². The third-order valence-electron chi connectivity index (χ3n) is 3.16. The lowest BCUT2D eigenvalue weighted by atomic mass is 9.99. The van der Waals surface area contributed by atoms with Gasteiger partial charge in [-0.2, -0.15) is 0 Å². The van der Waals surface area contributed by atoms with Crippen LogP contribution in [0.5, 0.6) is 11.5 Å². The summed E-state index contributed by atoms with van der Waals surface area (Å²) in [5.41, 5.74) is 6.51. The number of carboxylic acid groups (broad SMARTS) is 1. The van der Waals surface area contributed by atoms with Crippen molar-refractivity contribution in [1.82, 2.24) is 0 Å². The standard InChI is InChI=1S/C15H14I3NO4/c16-11-5-8(6-12(19)14(21)22)7-15(17,18)13(11)23-10-3-1-9(20)2-4-10/h1-5,7,12-13,20H,6,19H2,(H,21,22)/t12-,13?/m0/s1. The molecule has 0 aromatic heterocycles. The van der Waals surface area contributed by atoms with E-state index in [1.807, 2.05) is 12.2 Å². The van der Waals surface area contributed by atoms with Gasteiger partial charge in [-0.3, -0.25) is 4.79 Å². The number of alkyl halides is 2. The molecule has 0 aliphatic heterocycles. The normalized spacial score (nSPS) is 21.1. The minimum Gasteiger partial charge on any atom is -0.508 e. The summed E-state index contributed by atoms with van der Waals surface area (Å²) in [6.45, 7) is 0. The van der Waals surface area contributed by atoms with Gasteiger partial charge >= 0.3 is 5.97 Å².